The van der Waals surface area contributed by atoms with Crippen LogP contribution in [0.4, 0.5) is 0 Å². The van der Waals surface area contributed by atoms with Crippen LogP contribution < -0.4 is 4.90 Å². The Kier molecular flexibility index (Phi) is 4.90. The van der Waals surface area contributed by atoms with Crippen molar-refractivity contribution in [2.75, 3.05) is 13.1 Å². The molecule has 0 spiro atoms. The molecule has 3 nitrogen and oxygen atoms in total. The minimum atomic E-state index is 0.276. The van der Waals surface area contributed by atoms with Crippen molar-refractivity contribution in [1.29, 1.82) is 0 Å². The van der Waals surface area contributed by atoms with Gasteiger partial charge in [-0.15, -0.1) is 0 Å². The SMILES string of the molecule is Oc1ccc(Br)cc1C=N[C@@H]1CC[NH+](Cc2ccccc2)C1. The summed E-state index contributed by atoms with van der Waals surface area (Å²) in [5, 5.41) is 9.84. The number of aromatic hydroxyl groups is 1. The van der Waals surface area contributed by atoms with Crippen LogP contribution in [0.15, 0.2) is 58.0 Å². The number of rotatable bonds is 4. The fourth-order valence-electron chi connectivity index (χ4n) is 2.89. The second-order valence-corrected chi connectivity index (χ2v) is 6.71. The molecule has 0 aliphatic carbocycles. The molecule has 22 heavy (non-hydrogen) atoms. The summed E-state index contributed by atoms with van der Waals surface area (Å²) in [5.74, 6) is 0.276. The summed E-state index contributed by atoms with van der Waals surface area (Å²) < 4.78 is 0.953. The van der Waals surface area contributed by atoms with Crippen molar-refractivity contribution in [3.05, 3.63) is 64.1 Å². The number of hydrogen-bond acceptors (Lipinski definition) is 2. The lowest BCUT2D eigenvalue weighted by Gasteiger charge is -2.12. The molecule has 0 aromatic heterocycles. The molecule has 0 amide bonds. The summed E-state index contributed by atoms with van der Waals surface area (Å²) in [5.41, 5.74) is 2.15. The standard InChI is InChI=1S/C18H19BrN2O/c19-16-6-7-18(22)15(10-16)11-20-17-8-9-21(13-17)12-14-4-2-1-3-5-14/h1-7,10-11,17,22H,8-9,12-13H2/p+1/t17-/m1/s1. The molecule has 1 aliphatic rings. The van der Waals surface area contributed by atoms with E-state index in [1.807, 2.05) is 12.1 Å². The van der Waals surface area contributed by atoms with E-state index in [4.69, 9.17) is 0 Å². The number of nitrogens with zero attached hydrogens (tertiary/aromatic N) is 1. The molecule has 1 saturated heterocycles. The Balaban J connectivity index is 1.59. The number of likely N-dealkylation sites (tertiary alicyclic amines) is 1. The smallest absolute Gasteiger partial charge is 0.124 e. The number of nitrogens with one attached hydrogen (secondary N) is 1. The van der Waals surface area contributed by atoms with Gasteiger partial charge in [0.2, 0.25) is 0 Å². The van der Waals surface area contributed by atoms with Crippen molar-refractivity contribution in [3.8, 4) is 5.75 Å². The van der Waals surface area contributed by atoms with Crippen molar-refractivity contribution in [3.63, 3.8) is 0 Å². The lowest BCUT2D eigenvalue weighted by atomic mass is 10.2. The van der Waals surface area contributed by atoms with Crippen LogP contribution in [0.3, 0.4) is 0 Å². The summed E-state index contributed by atoms with van der Waals surface area (Å²) in [6, 6.07) is 16.4. The van der Waals surface area contributed by atoms with Gasteiger partial charge in [0.25, 0.3) is 0 Å². The van der Waals surface area contributed by atoms with Gasteiger partial charge in [-0.2, -0.15) is 0 Å². The van der Waals surface area contributed by atoms with Gasteiger partial charge in [0, 0.05) is 28.2 Å². The maximum Gasteiger partial charge on any atom is 0.124 e. The summed E-state index contributed by atoms with van der Waals surface area (Å²) in [6.07, 6.45) is 2.91. The molecule has 1 fully saturated rings. The van der Waals surface area contributed by atoms with Crippen LogP contribution in [0, 0.1) is 0 Å². The number of quaternary nitrogens is 1. The van der Waals surface area contributed by atoms with Gasteiger partial charge in [-0.3, -0.25) is 4.99 Å². The van der Waals surface area contributed by atoms with Crippen LogP contribution >= 0.6 is 15.9 Å². The predicted molar refractivity (Wildman–Crippen MR) is 92.6 cm³/mol. The van der Waals surface area contributed by atoms with Gasteiger partial charge in [-0.25, -0.2) is 0 Å². The molecule has 4 heteroatoms. The monoisotopic (exact) mass is 359 g/mol. The second kappa shape index (κ2) is 7.07. The van der Waals surface area contributed by atoms with Crippen LogP contribution in [0.2, 0.25) is 0 Å². The number of aliphatic imine (C=N–C) groups is 1. The molecule has 114 valence electrons. The third-order valence-electron chi connectivity index (χ3n) is 4.07. The maximum atomic E-state index is 9.84. The topological polar surface area (TPSA) is 37.0 Å². The van der Waals surface area contributed by atoms with Crippen molar-refractivity contribution >= 4 is 22.1 Å². The number of hydrogen-bond donors (Lipinski definition) is 2. The number of phenolic OH excluding ortho intramolecular Hbond substituents is 1. The summed E-state index contributed by atoms with van der Waals surface area (Å²) in [7, 11) is 0. The lowest BCUT2D eigenvalue weighted by molar-refractivity contribution is -0.901. The van der Waals surface area contributed by atoms with Gasteiger partial charge >= 0.3 is 0 Å². The fraction of sp³-hybridized carbons (Fsp3) is 0.278. The van der Waals surface area contributed by atoms with E-state index >= 15 is 0 Å². The van der Waals surface area contributed by atoms with E-state index in [2.05, 4.69) is 51.3 Å². The fourth-order valence-corrected chi connectivity index (χ4v) is 3.27. The number of phenols is 1. The average Bonchev–Trinajstić information content (AvgIpc) is 2.97. The van der Waals surface area contributed by atoms with Crippen molar-refractivity contribution in [2.24, 2.45) is 4.99 Å². The first kappa shape index (κ1) is 15.3. The Hall–Kier alpha value is -1.65. The molecule has 2 aromatic rings. The first-order chi connectivity index (χ1) is 10.7. The van der Waals surface area contributed by atoms with E-state index in [-0.39, 0.29) is 5.75 Å². The molecule has 1 heterocycles. The number of halogens is 1. The van der Waals surface area contributed by atoms with Crippen molar-refractivity contribution in [2.45, 2.75) is 19.0 Å². The third-order valence-corrected chi connectivity index (χ3v) is 4.56. The molecule has 0 bridgehead atoms. The van der Waals surface area contributed by atoms with Gasteiger partial charge < -0.3 is 10.0 Å². The van der Waals surface area contributed by atoms with E-state index in [1.54, 1.807) is 17.2 Å². The molecule has 0 saturated carbocycles. The van der Waals surface area contributed by atoms with E-state index < -0.39 is 0 Å². The van der Waals surface area contributed by atoms with Gasteiger partial charge in [-0.1, -0.05) is 46.3 Å². The highest BCUT2D eigenvalue weighted by molar-refractivity contribution is 9.10. The van der Waals surface area contributed by atoms with Crippen LogP contribution in [0.5, 0.6) is 5.75 Å². The Labute approximate surface area is 139 Å². The zero-order chi connectivity index (χ0) is 15.4. The molecule has 1 unspecified atom stereocenters. The summed E-state index contributed by atoms with van der Waals surface area (Å²) in [6.45, 7) is 3.27. The zero-order valence-electron chi connectivity index (χ0n) is 12.4. The Morgan fingerprint density at radius 1 is 1.23 bits per heavy atom. The molecule has 1 aliphatic heterocycles. The minimum absolute atomic E-state index is 0.276. The largest absolute Gasteiger partial charge is 0.507 e. The van der Waals surface area contributed by atoms with E-state index in [9.17, 15) is 5.11 Å². The Morgan fingerprint density at radius 3 is 2.86 bits per heavy atom. The second-order valence-electron chi connectivity index (χ2n) is 5.79. The van der Waals surface area contributed by atoms with E-state index in [1.165, 1.54) is 5.56 Å². The van der Waals surface area contributed by atoms with Gasteiger partial charge in [0.15, 0.2) is 0 Å². The third kappa shape index (κ3) is 3.96. The normalized spacial score (nSPS) is 21.5. The first-order valence-electron chi connectivity index (χ1n) is 7.60. The molecule has 2 atom stereocenters. The highest BCUT2D eigenvalue weighted by Gasteiger charge is 2.25. The quantitative estimate of drug-likeness (QED) is 0.808. The highest BCUT2D eigenvalue weighted by Crippen LogP contribution is 2.20. The Morgan fingerprint density at radius 2 is 2.05 bits per heavy atom. The zero-order valence-corrected chi connectivity index (χ0v) is 14.0. The van der Waals surface area contributed by atoms with Crippen molar-refractivity contribution in [1.82, 2.24) is 0 Å². The lowest BCUT2D eigenvalue weighted by Crippen LogP contribution is -3.09. The molecule has 2 aromatic carbocycles. The summed E-state index contributed by atoms with van der Waals surface area (Å²) in [4.78, 5) is 6.24. The first-order valence-corrected chi connectivity index (χ1v) is 8.39. The maximum absolute atomic E-state index is 9.84. The molecule has 2 N–H and O–H groups in total. The van der Waals surface area contributed by atoms with Gasteiger partial charge in [0.1, 0.15) is 24.9 Å². The Bertz CT molecular complexity index is 657. The minimum Gasteiger partial charge on any atom is -0.507 e. The molecule has 0 radical (unpaired) electrons. The van der Waals surface area contributed by atoms with E-state index in [0.29, 0.717) is 6.04 Å². The van der Waals surface area contributed by atoms with Gasteiger partial charge in [0.05, 0.1) is 6.54 Å². The average molecular weight is 360 g/mol. The van der Waals surface area contributed by atoms with E-state index in [0.717, 1.165) is 36.1 Å². The molecular formula is C18H20BrN2O+. The van der Waals surface area contributed by atoms with Crippen LogP contribution in [0.25, 0.3) is 0 Å². The van der Waals surface area contributed by atoms with Crippen LogP contribution in [-0.4, -0.2) is 30.5 Å². The van der Waals surface area contributed by atoms with Gasteiger partial charge in [-0.05, 0) is 18.2 Å². The van der Waals surface area contributed by atoms with Crippen molar-refractivity contribution < 1.29 is 10.0 Å². The number of benzene rings is 2. The summed E-state index contributed by atoms with van der Waals surface area (Å²) >= 11 is 3.42. The highest BCUT2D eigenvalue weighted by atomic mass is 79.9. The molecule has 3 rings (SSSR count). The van der Waals surface area contributed by atoms with Crippen LogP contribution in [-0.2, 0) is 6.54 Å². The molecular weight excluding hydrogens is 340 g/mol. The van der Waals surface area contributed by atoms with Crippen LogP contribution in [0.1, 0.15) is 17.5 Å². The predicted octanol–water partition coefficient (Wildman–Crippen LogP) is 2.43.